The molecule has 4 heterocycles. The predicted molar refractivity (Wildman–Crippen MR) is 168 cm³/mol. The quantitative estimate of drug-likeness (QED) is 0.221. The van der Waals surface area contributed by atoms with E-state index in [2.05, 4.69) is 102 Å². The van der Waals surface area contributed by atoms with Crippen molar-refractivity contribution in [3.63, 3.8) is 0 Å². The van der Waals surface area contributed by atoms with E-state index in [0.717, 1.165) is 32.9 Å². The molecule has 0 aliphatic carbocycles. The second-order valence-corrected chi connectivity index (χ2v) is 11.9. The van der Waals surface area contributed by atoms with Gasteiger partial charge < -0.3 is 0 Å². The highest BCUT2D eigenvalue weighted by atomic mass is 32.1. The lowest BCUT2D eigenvalue weighted by Gasteiger charge is -2.10. The second-order valence-electron chi connectivity index (χ2n) is 9.80. The third-order valence-electron chi connectivity index (χ3n) is 7.62. The third kappa shape index (κ3) is 2.97. The first-order valence-electron chi connectivity index (χ1n) is 12.9. The maximum Gasteiger partial charge on any atom is 0.162 e. The van der Waals surface area contributed by atoms with E-state index in [-0.39, 0.29) is 0 Å². The molecule has 0 fully saturated rings. The number of thiophene rings is 2. The van der Waals surface area contributed by atoms with E-state index >= 15 is 0 Å². The fourth-order valence-electron chi connectivity index (χ4n) is 5.95. The molecule has 0 atom stereocenters. The summed E-state index contributed by atoms with van der Waals surface area (Å²) in [6.45, 7) is 0. The molecule has 0 saturated heterocycles. The summed E-state index contributed by atoms with van der Waals surface area (Å²) in [7, 11) is 0. The van der Waals surface area contributed by atoms with Crippen molar-refractivity contribution >= 4 is 85.0 Å². The summed E-state index contributed by atoms with van der Waals surface area (Å²) < 4.78 is 7.32. The minimum atomic E-state index is 0.745. The number of benzene rings is 5. The number of para-hydroxylation sites is 1. The average Bonchev–Trinajstić information content (AvgIpc) is 3.66. The molecular formula is C34H19N3S2. The molecule has 0 unspecified atom stereocenters. The van der Waals surface area contributed by atoms with Crippen molar-refractivity contribution in [3.8, 4) is 17.2 Å². The Balaban J connectivity index is 1.50. The van der Waals surface area contributed by atoms with Crippen LogP contribution in [0.15, 0.2) is 115 Å². The van der Waals surface area contributed by atoms with Gasteiger partial charge >= 0.3 is 0 Å². The molecule has 3 nitrogen and oxygen atoms in total. The van der Waals surface area contributed by atoms with E-state index < -0.39 is 0 Å². The standard InChI is InChI=1S/C34H19N3S2/c1-2-10-20(11-3-1)33-35-31-23-14-6-9-17-27(23)39-32(31)34(36-33)37-24-15-7-4-12-21(24)29-25(37)18-19-28-30(29)22-13-5-8-16-26(22)38-28/h1-19H. The van der Waals surface area contributed by atoms with Crippen LogP contribution in [0.2, 0.25) is 0 Å². The van der Waals surface area contributed by atoms with Gasteiger partial charge in [0.1, 0.15) is 0 Å². The van der Waals surface area contributed by atoms with Crippen LogP contribution in [0.4, 0.5) is 0 Å². The Labute approximate surface area is 231 Å². The van der Waals surface area contributed by atoms with Gasteiger partial charge in [0.2, 0.25) is 0 Å². The maximum absolute atomic E-state index is 5.30. The molecule has 39 heavy (non-hydrogen) atoms. The van der Waals surface area contributed by atoms with Crippen molar-refractivity contribution in [1.82, 2.24) is 14.5 Å². The summed E-state index contributed by atoms with van der Waals surface area (Å²) in [6, 6.07) is 40.9. The number of rotatable bonds is 2. The van der Waals surface area contributed by atoms with E-state index in [1.165, 1.54) is 46.5 Å². The maximum atomic E-state index is 5.30. The fraction of sp³-hybridized carbons (Fsp3) is 0. The summed E-state index contributed by atoms with van der Waals surface area (Å²) in [6.07, 6.45) is 0. The van der Waals surface area contributed by atoms with Crippen LogP contribution in [0.25, 0.3) is 79.5 Å². The van der Waals surface area contributed by atoms with E-state index in [1.807, 2.05) is 29.5 Å². The molecule has 182 valence electrons. The van der Waals surface area contributed by atoms with Gasteiger partial charge in [-0.25, -0.2) is 9.97 Å². The zero-order valence-corrected chi connectivity index (χ0v) is 22.3. The van der Waals surface area contributed by atoms with E-state index in [4.69, 9.17) is 9.97 Å². The number of fused-ring (bicyclic) bond motifs is 10. The highest BCUT2D eigenvalue weighted by molar-refractivity contribution is 7.26. The second kappa shape index (κ2) is 7.96. The van der Waals surface area contributed by atoms with Crippen LogP contribution in [0.3, 0.4) is 0 Å². The molecule has 5 aromatic carbocycles. The normalized spacial score (nSPS) is 12.1. The van der Waals surface area contributed by atoms with E-state index in [0.29, 0.717) is 0 Å². The molecule has 0 spiro atoms. The Morgan fingerprint density at radius 3 is 2.03 bits per heavy atom. The molecule has 4 aromatic heterocycles. The predicted octanol–water partition coefficient (Wildman–Crippen LogP) is 9.98. The van der Waals surface area contributed by atoms with Crippen molar-refractivity contribution in [1.29, 1.82) is 0 Å². The molecule has 0 bridgehead atoms. The molecule has 9 rings (SSSR count). The molecule has 0 N–H and O–H groups in total. The lowest BCUT2D eigenvalue weighted by Crippen LogP contribution is -2.01. The Morgan fingerprint density at radius 2 is 1.18 bits per heavy atom. The smallest absolute Gasteiger partial charge is 0.162 e. The zero-order chi connectivity index (χ0) is 25.5. The van der Waals surface area contributed by atoms with Crippen molar-refractivity contribution in [2.75, 3.05) is 0 Å². The van der Waals surface area contributed by atoms with Gasteiger partial charge in [0.05, 0.1) is 21.3 Å². The van der Waals surface area contributed by atoms with Crippen LogP contribution >= 0.6 is 22.7 Å². The van der Waals surface area contributed by atoms with Crippen LogP contribution in [-0.2, 0) is 0 Å². The molecule has 5 heteroatoms. The summed E-state index contributed by atoms with van der Waals surface area (Å²) >= 11 is 3.63. The highest BCUT2D eigenvalue weighted by Crippen LogP contribution is 2.45. The van der Waals surface area contributed by atoms with Crippen molar-refractivity contribution in [2.24, 2.45) is 0 Å². The SMILES string of the molecule is c1ccc(-c2nc(-n3c4ccccc4c4c5c(ccc43)sc3ccccc35)c3sc4ccccc4c3n2)cc1. The van der Waals surface area contributed by atoms with Crippen LogP contribution in [-0.4, -0.2) is 14.5 Å². The molecule has 9 aromatic rings. The Kier molecular flexibility index (Phi) is 4.36. The van der Waals surface area contributed by atoms with Crippen molar-refractivity contribution in [2.45, 2.75) is 0 Å². The number of aromatic nitrogens is 3. The number of hydrogen-bond donors (Lipinski definition) is 0. The average molecular weight is 534 g/mol. The number of nitrogens with zero attached hydrogens (tertiary/aromatic N) is 3. The molecule has 0 saturated carbocycles. The lowest BCUT2D eigenvalue weighted by molar-refractivity contribution is 1.08. The van der Waals surface area contributed by atoms with E-state index in [1.54, 1.807) is 11.3 Å². The highest BCUT2D eigenvalue weighted by Gasteiger charge is 2.22. The molecular weight excluding hydrogens is 515 g/mol. The lowest BCUT2D eigenvalue weighted by atomic mass is 10.1. The van der Waals surface area contributed by atoms with Gasteiger partial charge in [-0.15, -0.1) is 22.7 Å². The van der Waals surface area contributed by atoms with Gasteiger partial charge in [-0.3, -0.25) is 4.57 Å². The zero-order valence-electron chi connectivity index (χ0n) is 20.6. The van der Waals surface area contributed by atoms with Gasteiger partial charge in [0, 0.05) is 46.6 Å². The van der Waals surface area contributed by atoms with Gasteiger partial charge in [0.25, 0.3) is 0 Å². The van der Waals surface area contributed by atoms with Crippen LogP contribution in [0, 0.1) is 0 Å². The summed E-state index contributed by atoms with van der Waals surface area (Å²) in [5, 5.41) is 6.34. The van der Waals surface area contributed by atoms with Crippen LogP contribution < -0.4 is 0 Å². The van der Waals surface area contributed by atoms with Gasteiger partial charge in [-0.05, 0) is 30.3 Å². The van der Waals surface area contributed by atoms with Gasteiger partial charge in [-0.2, -0.15) is 0 Å². The molecule has 0 amide bonds. The monoisotopic (exact) mass is 533 g/mol. The molecule has 0 aliphatic heterocycles. The van der Waals surface area contributed by atoms with Crippen LogP contribution in [0.1, 0.15) is 0 Å². The van der Waals surface area contributed by atoms with Crippen LogP contribution in [0.5, 0.6) is 0 Å². The summed E-state index contributed by atoms with van der Waals surface area (Å²) in [4.78, 5) is 10.4. The fourth-order valence-corrected chi connectivity index (χ4v) is 8.18. The minimum absolute atomic E-state index is 0.745. The molecule has 0 radical (unpaired) electrons. The van der Waals surface area contributed by atoms with E-state index in [9.17, 15) is 0 Å². The topological polar surface area (TPSA) is 30.7 Å². The first kappa shape index (κ1) is 21.4. The van der Waals surface area contributed by atoms with Crippen molar-refractivity contribution < 1.29 is 0 Å². The largest absolute Gasteiger partial charge is 0.292 e. The summed E-state index contributed by atoms with van der Waals surface area (Å²) in [5.74, 6) is 1.68. The Bertz CT molecular complexity index is 2390. The Morgan fingerprint density at radius 1 is 0.487 bits per heavy atom. The van der Waals surface area contributed by atoms with Crippen molar-refractivity contribution in [3.05, 3.63) is 115 Å². The molecule has 0 aliphatic rings. The summed E-state index contributed by atoms with van der Waals surface area (Å²) in [5.41, 5.74) is 4.35. The Hall–Kier alpha value is -4.58. The number of hydrogen-bond acceptors (Lipinski definition) is 4. The minimum Gasteiger partial charge on any atom is -0.292 e. The first-order valence-corrected chi connectivity index (χ1v) is 14.6. The third-order valence-corrected chi connectivity index (χ3v) is 9.91. The first-order chi connectivity index (χ1) is 19.3. The van der Waals surface area contributed by atoms with Gasteiger partial charge in [0.15, 0.2) is 11.6 Å². The van der Waals surface area contributed by atoms with Gasteiger partial charge in [-0.1, -0.05) is 84.9 Å².